The first-order valence-corrected chi connectivity index (χ1v) is 11.0. The molecule has 0 atom stereocenters. The number of halogens is 1. The van der Waals surface area contributed by atoms with Gasteiger partial charge in [0.1, 0.15) is 11.5 Å². The zero-order chi connectivity index (χ0) is 21.6. The summed E-state index contributed by atoms with van der Waals surface area (Å²) in [7, 11) is 0. The lowest BCUT2D eigenvalue weighted by atomic mass is 10.0. The molecule has 2 amide bonds. The Morgan fingerprint density at radius 3 is 2.58 bits per heavy atom. The van der Waals surface area contributed by atoms with Crippen LogP contribution in [0.15, 0.2) is 60.0 Å². The standard InChI is InChI=1S/C23H23FN4O2S/c24-18-8-4-7-17(13-18)21(29)27-23-26-20(15-31-23)22(30)25-19-9-11-28(12-10-19)14-16-5-2-1-3-6-16/h1-8,13,15,19H,9-12,14H2,(H,25,30)(H,26,27,29). The number of anilines is 1. The number of benzene rings is 2. The molecule has 8 heteroatoms. The molecule has 1 aliphatic rings. The first-order valence-electron chi connectivity index (χ1n) is 10.2. The maximum Gasteiger partial charge on any atom is 0.271 e. The van der Waals surface area contributed by atoms with E-state index in [4.69, 9.17) is 0 Å². The quantitative estimate of drug-likeness (QED) is 0.612. The SMILES string of the molecule is O=C(Nc1nc(C(=O)NC2CCN(Cc3ccccc3)CC2)cs1)c1cccc(F)c1. The third-order valence-electron chi connectivity index (χ3n) is 5.22. The number of carbonyl (C=O) groups is 2. The van der Waals surface area contributed by atoms with Gasteiger partial charge in [-0.25, -0.2) is 9.37 Å². The van der Waals surface area contributed by atoms with Crippen molar-refractivity contribution in [3.63, 3.8) is 0 Å². The van der Waals surface area contributed by atoms with Crippen molar-refractivity contribution < 1.29 is 14.0 Å². The van der Waals surface area contributed by atoms with Gasteiger partial charge in [-0.2, -0.15) is 0 Å². The van der Waals surface area contributed by atoms with Gasteiger partial charge in [0.25, 0.3) is 11.8 Å². The summed E-state index contributed by atoms with van der Waals surface area (Å²) in [6.07, 6.45) is 1.76. The summed E-state index contributed by atoms with van der Waals surface area (Å²) in [6, 6.07) is 15.9. The summed E-state index contributed by atoms with van der Waals surface area (Å²) < 4.78 is 13.3. The van der Waals surface area contributed by atoms with Crippen LogP contribution in [-0.2, 0) is 6.54 Å². The van der Waals surface area contributed by atoms with E-state index in [0.717, 1.165) is 49.9 Å². The summed E-state index contributed by atoms with van der Waals surface area (Å²) in [5.41, 5.74) is 1.76. The Bertz CT molecular complexity index is 1050. The van der Waals surface area contributed by atoms with Crippen LogP contribution >= 0.6 is 11.3 Å². The van der Waals surface area contributed by atoms with E-state index < -0.39 is 11.7 Å². The van der Waals surface area contributed by atoms with Crippen molar-refractivity contribution in [1.29, 1.82) is 0 Å². The highest BCUT2D eigenvalue weighted by Crippen LogP contribution is 2.18. The van der Waals surface area contributed by atoms with E-state index in [9.17, 15) is 14.0 Å². The maximum absolute atomic E-state index is 13.3. The summed E-state index contributed by atoms with van der Waals surface area (Å²) in [6.45, 7) is 2.76. The van der Waals surface area contributed by atoms with E-state index in [2.05, 4.69) is 32.7 Å². The van der Waals surface area contributed by atoms with Gasteiger partial charge in [0.2, 0.25) is 0 Å². The molecule has 3 aromatic rings. The van der Waals surface area contributed by atoms with E-state index in [1.165, 1.54) is 23.8 Å². The molecule has 0 saturated carbocycles. The van der Waals surface area contributed by atoms with Gasteiger partial charge in [0.05, 0.1) is 0 Å². The molecule has 2 N–H and O–H groups in total. The molecule has 1 aromatic heterocycles. The van der Waals surface area contributed by atoms with Crippen LogP contribution in [0.2, 0.25) is 0 Å². The Labute approximate surface area is 184 Å². The Morgan fingerprint density at radius 2 is 1.84 bits per heavy atom. The van der Waals surface area contributed by atoms with E-state index in [-0.39, 0.29) is 23.2 Å². The Hall–Kier alpha value is -3.10. The van der Waals surface area contributed by atoms with Gasteiger partial charge in [0.15, 0.2) is 5.13 Å². The molecule has 0 spiro atoms. The Morgan fingerprint density at radius 1 is 1.06 bits per heavy atom. The van der Waals surface area contributed by atoms with Gasteiger partial charge in [-0.3, -0.25) is 19.8 Å². The molecule has 0 bridgehead atoms. The second kappa shape index (κ2) is 9.80. The monoisotopic (exact) mass is 438 g/mol. The van der Waals surface area contributed by atoms with E-state index in [1.54, 1.807) is 5.38 Å². The van der Waals surface area contributed by atoms with Crippen LogP contribution < -0.4 is 10.6 Å². The molecule has 0 radical (unpaired) electrons. The number of hydrogen-bond acceptors (Lipinski definition) is 5. The molecule has 2 aromatic carbocycles. The molecular weight excluding hydrogens is 415 g/mol. The number of rotatable bonds is 6. The zero-order valence-electron chi connectivity index (χ0n) is 16.9. The molecule has 1 saturated heterocycles. The molecule has 4 rings (SSSR count). The third-order valence-corrected chi connectivity index (χ3v) is 5.97. The van der Waals surface area contributed by atoms with Crippen LogP contribution in [-0.4, -0.2) is 40.8 Å². The molecule has 0 unspecified atom stereocenters. The predicted molar refractivity (Wildman–Crippen MR) is 119 cm³/mol. The van der Waals surface area contributed by atoms with Crippen LogP contribution in [0.4, 0.5) is 9.52 Å². The predicted octanol–water partition coefficient (Wildman–Crippen LogP) is 3.93. The van der Waals surface area contributed by atoms with Crippen LogP contribution in [0.3, 0.4) is 0 Å². The minimum absolute atomic E-state index is 0.103. The number of thiazole rings is 1. The molecule has 160 valence electrons. The second-order valence-corrected chi connectivity index (χ2v) is 8.37. The Balaban J connectivity index is 1.26. The highest BCUT2D eigenvalue weighted by Gasteiger charge is 2.22. The molecule has 1 aliphatic heterocycles. The van der Waals surface area contributed by atoms with Crippen LogP contribution in [0.1, 0.15) is 39.3 Å². The van der Waals surface area contributed by atoms with Gasteiger partial charge in [-0.15, -0.1) is 11.3 Å². The number of hydrogen-bond donors (Lipinski definition) is 2. The molecule has 31 heavy (non-hydrogen) atoms. The number of aromatic nitrogens is 1. The number of piperidine rings is 1. The average Bonchev–Trinajstić information content (AvgIpc) is 3.24. The summed E-state index contributed by atoms with van der Waals surface area (Å²) >= 11 is 1.16. The first-order chi connectivity index (χ1) is 15.1. The minimum atomic E-state index is -0.485. The minimum Gasteiger partial charge on any atom is -0.348 e. The van der Waals surface area contributed by atoms with Crippen LogP contribution in [0.5, 0.6) is 0 Å². The van der Waals surface area contributed by atoms with Gasteiger partial charge < -0.3 is 5.32 Å². The second-order valence-electron chi connectivity index (χ2n) is 7.51. The highest BCUT2D eigenvalue weighted by molar-refractivity contribution is 7.14. The summed E-state index contributed by atoms with van der Waals surface area (Å²) in [5.74, 6) is -1.20. The smallest absolute Gasteiger partial charge is 0.271 e. The molecule has 0 aliphatic carbocycles. The van der Waals surface area contributed by atoms with Gasteiger partial charge in [-0.05, 0) is 36.6 Å². The van der Waals surface area contributed by atoms with Crippen molar-refractivity contribution in [2.75, 3.05) is 18.4 Å². The lowest BCUT2D eigenvalue weighted by Crippen LogP contribution is -2.44. The number of nitrogens with zero attached hydrogens (tertiary/aromatic N) is 2. The van der Waals surface area contributed by atoms with Crippen molar-refractivity contribution in [2.45, 2.75) is 25.4 Å². The average molecular weight is 439 g/mol. The lowest BCUT2D eigenvalue weighted by Gasteiger charge is -2.32. The number of nitrogens with one attached hydrogen (secondary N) is 2. The van der Waals surface area contributed by atoms with E-state index >= 15 is 0 Å². The number of likely N-dealkylation sites (tertiary alicyclic amines) is 1. The fourth-order valence-electron chi connectivity index (χ4n) is 3.57. The highest BCUT2D eigenvalue weighted by atomic mass is 32.1. The van der Waals surface area contributed by atoms with Crippen molar-refractivity contribution in [1.82, 2.24) is 15.2 Å². The lowest BCUT2D eigenvalue weighted by molar-refractivity contribution is 0.0903. The van der Waals surface area contributed by atoms with Crippen molar-refractivity contribution in [3.05, 3.63) is 82.6 Å². The summed E-state index contributed by atoms with van der Waals surface area (Å²) in [5, 5.41) is 7.57. The normalized spacial score (nSPS) is 14.9. The van der Waals surface area contributed by atoms with Crippen LogP contribution in [0, 0.1) is 5.82 Å². The van der Waals surface area contributed by atoms with Crippen molar-refractivity contribution >= 4 is 28.3 Å². The van der Waals surface area contributed by atoms with E-state index in [1.807, 2.05) is 18.2 Å². The molecule has 2 heterocycles. The van der Waals surface area contributed by atoms with Crippen LogP contribution in [0.25, 0.3) is 0 Å². The largest absolute Gasteiger partial charge is 0.348 e. The molecule has 1 fully saturated rings. The van der Waals surface area contributed by atoms with E-state index in [0.29, 0.717) is 5.13 Å². The fourth-order valence-corrected chi connectivity index (χ4v) is 4.26. The third kappa shape index (κ3) is 5.74. The van der Waals surface area contributed by atoms with Gasteiger partial charge in [0, 0.05) is 36.6 Å². The molecular formula is C23H23FN4O2S. The van der Waals surface area contributed by atoms with Crippen molar-refractivity contribution in [3.8, 4) is 0 Å². The summed E-state index contributed by atoms with van der Waals surface area (Å²) in [4.78, 5) is 31.4. The topological polar surface area (TPSA) is 74.3 Å². The van der Waals surface area contributed by atoms with Gasteiger partial charge in [-0.1, -0.05) is 36.4 Å². The first kappa shape index (κ1) is 21.1. The zero-order valence-corrected chi connectivity index (χ0v) is 17.7. The number of amides is 2. The van der Waals surface area contributed by atoms with Gasteiger partial charge >= 0.3 is 0 Å². The fraction of sp³-hybridized carbons (Fsp3) is 0.261. The van der Waals surface area contributed by atoms with Crippen molar-refractivity contribution in [2.24, 2.45) is 0 Å². The Kier molecular flexibility index (Phi) is 6.69. The molecule has 6 nitrogen and oxygen atoms in total. The number of carbonyl (C=O) groups excluding carboxylic acids is 2. The maximum atomic E-state index is 13.3.